The molecule has 3 saturated heterocycles. The van der Waals surface area contributed by atoms with Gasteiger partial charge in [0, 0.05) is 36.9 Å². The number of aromatic nitrogens is 2. The van der Waals surface area contributed by atoms with E-state index in [1.165, 1.54) is 18.6 Å². The molecule has 4 heterocycles. The number of benzene rings is 1. The van der Waals surface area contributed by atoms with Gasteiger partial charge >= 0.3 is 6.36 Å². The van der Waals surface area contributed by atoms with E-state index >= 15 is 0 Å². The fourth-order valence-electron chi connectivity index (χ4n) is 3.36. The summed E-state index contributed by atoms with van der Waals surface area (Å²) in [4.78, 5) is 2.25. The largest absolute Gasteiger partial charge is 0.573 e. The number of piperidine rings is 1. The number of anilines is 1. The number of ether oxygens (including phenoxy) is 1. The minimum Gasteiger partial charge on any atom is -0.406 e. The third-order valence-corrected chi connectivity index (χ3v) is 4.44. The van der Waals surface area contributed by atoms with Crippen molar-refractivity contribution in [2.45, 2.75) is 31.8 Å². The molecule has 0 radical (unpaired) electrons. The Morgan fingerprint density at radius 1 is 1.17 bits per heavy atom. The van der Waals surface area contributed by atoms with Crippen LogP contribution in [0.2, 0.25) is 0 Å². The average Bonchev–Trinajstić information content (AvgIpc) is 2.88. The van der Waals surface area contributed by atoms with Gasteiger partial charge in [-0.25, -0.2) is 4.68 Å². The van der Waals surface area contributed by atoms with E-state index in [1.54, 1.807) is 16.8 Å². The molecular formula is C16H17F3N4O. The molecule has 5 nitrogen and oxygen atoms in total. The molecule has 1 N–H and O–H groups in total. The van der Waals surface area contributed by atoms with Gasteiger partial charge in [0.1, 0.15) is 5.75 Å². The van der Waals surface area contributed by atoms with Crippen molar-refractivity contribution in [3.63, 3.8) is 0 Å². The van der Waals surface area contributed by atoms with E-state index < -0.39 is 6.36 Å². The van der Waals surface area contributed by atoms with Crippen LogP contribution in [0.15, 0.2) is 30.3 Å². The summed E-state index contributed by atoms with van der Waals surface area (Å²) in [6, 6.07) is 8.80. The standard InChI is InChI=1S/C16H17F3N4O/c1-10-6-15(22-8-11-7-12(9-22)20-11)21-23(10)13-2-4-14(5-3-13)24-16(17,18)19/h2-6,11-12,20H,7-9H2,1H3. The fraction of sp³-hybridized carbons (Fsp3) is 0.438. The van der Waals surface area contributed by atoms with Crippen LogP contribution >= 0.6 is 0 Å². The van der Waals surface area contributed by atoms with Gasteiger partial charge in [0.2, 0.25) is 0 Å². The number of aryl methyl sites for hydroxylation is 1. The lowest BCUT2D eigenvalue weighted by atomic mass is 9.91. The van der Waals surface area contributed by atoms with E-state index in [4.69, 9.17) is 0 Å². The van der Waals surface area contributed by atoms with Crippen LogP contribution in [0.4, 0.5) is 19.0 Å². The zero-order chi connectivity index (χ0) is 16.9. The summed E-state index contributed by atoms with van der Waals surface area (Å²) in [5.41, 5.74) is 1.63. The number of halogens is 3. The summed E-state index contributed by atoms with van der Waals surface area (Å²) in [7, 11) is 0. The van der Waals surface area contributed by atoms with Crippen LogP contribution in [-0.4, -0.2) is 41.3 Å². The molecule has 1 aromatic carbocycles. The number of nitrogens with zero attached hydrogens (tertiary/aromatic N) is 3. The Kier molecular flexibility index (Phi) is 3.45. The molecule has 5 rings (SSSR count). The Labute approximate surface area is 137 Å². The molecule has 2 atom stereocenters. The molecule has 128 valence electrons. The highest BCUT2D eigenvalue weighted by atomic mass is 19.4. The third-order valence-electron chi connectivity index (χ3n) is 4.44. The van der Waals surface area contributed by atoms with Crippen molar-refractivity contribution < 1.29 is 17.9 Å². The maximum Gasteiger partial charge on any atom is 0.573 e. The number of hydrogen-bond acceptors (Lipinski definition) is 4. The minimum atomic E-state index is -4.68. The second kappa shape index (κ2) is 5.41. The van der Waals surface area contributed by atoms with E-state index in [1.807, 2.05) is 13.0 Å². The summed E-state index contributed by atoms with van der Waals surface area (Å²) >= 11 is 0. The molecule has 3 aliphatic heterocycles. The molecule has 24 heavy (non-hydrogen) atoms. The summed E-state index contributed by atoms with van der Waals surface area (Å²) in [6.07, 6.45) is -3.46. The van der Waals surface area contributed by atoms with Crippen molar-refractivity contribution in [2.24, 2.45) is 0 Å². The van der Waals surface area contributed by atoms with Crippen molar-refractivity contribution in [2.75, 3.05) is 18.0 Å². The normalized spacial score (nSPS) is 23.1. The second-order valence-electron chi connectivity index (χ2n) is 6.30. The first-order chi connectivity index (χ1) is 11.4. The Bertz CT molecular complexity index is 725. The van der Waals surface area contributed by atoms with Crippen molar-refractivity contribution in [1.82, 2.24) is 15.1 Å². The van der Waals surface area contributed by atoms with Gasteiger partial charge in [-0.05, 0) is 37.6 Å². The quantitative estimate of drug-likeness (QED) is 0.934. The average molecular weight is 338 g/mol. The van der Waals surface area contributed by atoms with Gasteiger partial charge in [0.15, 0.2) is 5.82 Å². The van der Waals surface area contributed by atoms with Gasteiger partial charge in [0.25, 0.3) is 0 Å². The predicted octanol–water partition coefficient (Wildman–Crippen LogP) is 2.63. The smallest absolute Gasteiger partial charge is 0.406 e. The maximum atomic E-state index is 12.2. The topological polar surface area (TPSA) is 42.3 Å². The Morgan fingerprint density at radius 2 is 1.79 bits per heavy atom. The second-order valence-corrected chi connectivity index (χ2v) is 6.30. The molecule has 0 spiro atoms. The zero-order valence-corrected chi connectivity index (χ0v) is 13.0. The van der Waals surface area contributed by atoms with Crippen LogP contribution in [0.25, 0.3) is 5.69 Å². The Morgan fingerprint density at radius 3 is 2.38 bits per heavy atom. The lowest BCUT2D eigenvalue weighted by Gasteiger charge is -2.48. The number of hydrogen-bond donors (Lipinski definition) is 1. The molecule has 2 bridgehead atoms. The maximum absolute atomic E-state index is 12.2. The van der Waals surface area contributed by atoms with Gasteiger partial charge in [-0.15, -0.1) is 13.2 Å². The van der Waals surface area contributed by atoms with Crippen LogP contribution in [0.1, 0.15) is 12.1 Å². The van der Waals surface area contributed by atoms with Gasteiger partial charge < -0.3 is 15.0 Å². The number of nitrogens with one attached hydrogen (secondary N) is 1. The first-order valence-corrected chi connectivity index (χ1v) is 7.81. The van der Waals surface area contributed by atoms with E-state index in [2.05, 4.69) is 20.1 Å². The molecule has 1 aromatic heterocycles. The predicted molar refractivity (Wildman–Crippen MR) is 82.5 cm³/mol. The minimum absolute atomic E-state index is 0.238. The highest BCUT2D eigenvalue weighted by Gasteiger charge is 2.37. The molecular weight excluding hydrogens is 321 g/mol. The van der Waals surface area contributed by atoms with E-state index in [9.17, 15) is 13.2 Å². The first kappa shape index (κ1) is 15.3. The van der Waals surface area contributed by atoms with Crippen LogP contribution in [0, 0.1) is 6.92 Å². The first-order valence-electron chi connectivity index (χ1n) is 7.81. The molecule has 0 aliphatic carbocycles. The van der Waals surface area contributed by atoms with Crippen LogP contribution < -0.4 is 15.0 Å². The van der Waals surface area contributed by atoms with Crippen molar-refractivity contribution in [1.29, 1.82) is 0 Å². The highest BCUT2D eigenvalue weighted by molar-refractivity contribution is 5.46. The van der Waals surface area contributed by atoms with Crippen molar-refractivity contribution in [3.8, 4) is 11.4 Å². The number of piperazine rings is 1. The lowest BCUT2D eigenvalue weighted by molar-refractivity contribution is -0.274. The third kappa shape index (κ3) is 2.93. The van der Waals surface area contributed by atoms with E-state index in [-0.39, 0.29) is 5.75 Å². The number of rotatable bonds is 3. The number of alkyl halides is 3. The van der Waals surface area contributed by atoms with Crippen LogP contribution in [0.3, 0.4) is 0 Å². The molecule has 3 fully saturated rings. The van der Waals surface area contributed by atoms with Gasteiger partial charge in [-0.3, -0.25) is 0 Å². The van der Waals surface area contributed by atoms with Crippen molar-refractivity contribution in [3.05, 3.63) is 36.0 Å². The molecule has 0 amide bonds. The van der Waals surface area contributed by atoms with Gasteiger partial charge in [-0.1, -0.05) is 0 Å². The van der Waals surface area contributed by atoms with E-state index in [0.717, 1.165) is 24.6 Å². The van der Waals surface area contributed by atoms with Crippen LogP contribution in [-0.2, 0) is 0 Å². The van der Waals surface area contributed by atoms with E-state index in [0.29, 0.717) is 17.8 Å². The SMILES string of the molecule is Cc1cc(N2CC3CC(C2)N3)nn1-c1ccc(OC(F)(F)F)cc1. The lowest BCUT2D eigenvalue weighted by Crippen LogP contribution is -2.67. The zero-order valence-electron chi connectivity index (χ0n) is 13.0. The summed E-state index contributed by atoms with van der Waals surface area (Å²) in [5, 5.41) is 8.09. The Balaban J connectivity index is 1.54. The van der Waals surface area contributed by atoms with Gasteiger partial charge in [-0.2, -0.15) is 5.10 Å². The fourth-order valence-corrected chi connectivity index (χ4v) is 3.36. The molecule has 2 unspecified atom stereocenters. The highest BCUT2D eigenvalue weighted by Crippen LogP contribution is 2.28. The van der Waals surface area contributed by atoms with Crippen LogP contribution in [0.5, 0.6) is 5.75 Å². The monoisotopic (exact) mass is 338 g/mol. The van der Waals surface area contributed by atoms with Gasteiger partial charge in [0.05, 0.1) is 5.69 Å². The molecule has 0 saturated carbocycles. The summed E-state index contributed by atoms with van der Waals surface area (Å²) in [5.74, 6) is 0.665. The summed E-state index contributed by atoms with van der Waals surface area (Å²) < 4.78 is 42.3. The molecule has 2 aromatic rings. The Hall–Kier alpha value is -2.22. The molecule has 8 heteroatoms. The number of fused-ring (bicyclic) bond motifs is 2. The van der Waals surface area contributed by atoms with Crippen molar-refractivity contribution >= 4 is 5.82 Å². The molecule has 3 aliphatic rings. The summed E-state index contributed by atoms with van der Waals surface area (Å²) in [6.45, 7) is 3.80.